The highest BCUT2D eigenvalue weighted by Gasteiger charge is 2.21. The summed E-state index contributed by atoms with van der Waals surface area (Å²) in [4.78, 5) is 38.4. The SMILES string of the molecule is CCN(Cc1nc2cc(OC)c(OC)cc2c(=O)[nH]1)C(=O)c1cc(-c2cccnc2)on1. The van der Waals surface area contributed by atoms with E-state index in [0.29, 0.717) is 46.1 Å². The van der Waals surface area contributed by atoms with Gasteiger partial charge in [-0.2, -0.15) is 0 Å². The maximum absolute atomic E-state index is 13.0. The maximum atomic E-state index is 13.0. The smallest absolute Gasteiger partial charge is 0.276 e. The number of hydrogen-bond donors (Lipinski definition) is 1. The monoisotopic (exact) mass is 435 g/mol. The Morgan fingerprint density at radius 2 is 1.97 bits per heavy atom. The van der Waals surface area contributed by atoms with Crippen LogP contribution in [0.1, 0.15) is 23.2 Å². The first kappa shape index (κ1) is 21.0. The summed E-state index contributed by atoms with van der Waals surface area (Å²) in [5.74, 6) is 1.32. The number of rotatable bonds is 7. The molecule has 0 bridgehead atoms. The summed E-state index contributed by atoms with van der Waals surface area (Å²) >= 11 is 0. The second-order valence-electron chi connectivity index (χ2n) is 6.87. The van der Waals surface area contributed by atoms with Gasteiger partial charge in [0.25, 0.3) is 11.5 Å². The van der Waals surface area contributed by atoms with Crippen LogP contribution in [0, 0.1) is 0 Å². The largest absolute Gasteiger partial charge is 0.493 e. The van der Waals surface area contributed by atoms with E-state index in [1.165, 1.54) is 19.1 Å². The molecule has 0 unspecified atom stereocenters. The molecule has 0 spiro atoms. The van der Waals surface area contributed by atoms with E-state index < -0.39 is 0 Å². The Hall–Kier alpha value is -4.21. The molecule has 3 aromatic heterocycles. The van der Waals surface area contributed by atoms with E-state index >= 15 is 0 Å². The van der Waals surface area contributed by atoms with Crippen LogP contribution in [0.4, 0.5) is 0 Å². The van der Waals surface area contributed by atoms with Gasteiger partial charge in [-0.3, -0.25) is 14.6 Å². The Balaban J connectivity index is 1.61. The summed E-state index contributed by atoms with van der Waals surface area (Å²) in [6.45, 7) is 2.29. The molecule has 3 heterocycles. The summed E-state index contributed by atoms with van der Waals surface area (Å²) in [5.41, 5.74) is 0.965. The van der Waals surface area contributed by atoms with Gasteiger partial charge < -0.3 is 23.9 Å². The number of hydrogen-bond acceptors (Lipinski definition) is 8. The van der Waals surface area contributed by atoms with Crippen molar-refractivity contribution in [3.05, 3.63) is 64.6 Å². The van der Waals surface area contributed by atoms with Gasteiger partial charge in [-0.15, -0.1) is 0 Å². The number of methoxy groups -OCH3 is 2. The fraction of sp³-hybridized carbons (Fsp3) is 0.227. The Morgan fingerprint density at radius 3 is 2.66 bits per heavy atom. The average Bonchev–Trinajstić information content (AvgIpc) is 3.32. The van der Waals surface area contributed by atoms with Crippen molar-refractivity contribution in [2.24, 2.45) is 0 Å². The first-order valence-electron chi connectivity index (χ1n) is 9.85. The molecule has 10 heteroatoms. The Kier molecular flexibility index (Phi) is 5.84. The molecule has 4 aromatic rings. The van der Waals surface area contributed by atoms with E-state index in [2.05, 4.69) is 20.1 Å². The van der Waals surface area contributed by atoms with Crippen molar-refractivity contribution < 1.29 is 18.8 Å². The highest BCUT2D eigenvalue weighted by atomic mass is 16.5. The number of amides is 1. The number of nitrogens with zero attached hydrogens (tertiary/aromatic N) is 4. The van der Waals surface area contributed by atoms with Gasteiger partial charge in [-0.25, -0.2) is 4.98 Å². The molecule has 1 amide bonds. The van der Waals surface area contributed by atoms with E-state index in [9.17, 15) is 9.59 Å². The second kappa shape index (κ2) is 8.88. The number of H-pyrrole nitrogens is 1. The minimum atomic E-state index is -0.346. The molecular formula is C22H21N5O5. The molecule has 0 aliphatic heterocycles. The van der Waals surface area contributed by atoms with Crippen LogP contribution < -0.4 is 15.0 Å². The summed E-state index contributed by atoms with van der Waals surface area (Å²) in [7, 11) is 3.00. The fourth-order valence-electron chi connectivity index (χ4n) is 3.28. The molecule has 1 N–H and O–H groups in total. The van der Waals surface area contributed by atoms with Gasteiger partial charge in [0, 0.05) is 36.6 Å². The summed E-state index contributed by atoms with van der Waals surface area (Å²) in [5, 5.41) is 4.26. The number of carbonyl (C=O) groups excluding carboxylic acids is 1. The van der Waals surface area contributed by atoms with E-state index in [1.54, 1.807) is 36.7 Å². The third kappa shape index (κ3) is 4.02. The van der Waals surface area contributed by atoms with Crippen molar-refractivity contribution in [1.82, 2.24) is 25.0 Å². The van der Waals surface area contributed by atoms with Gasteiger partial charge in [0.2, 0.25) is 0 Å². The van der Waals surface area contributed by atoms with Crippen molar-refractivity contribution in [3.8, 4) is 22.8 Å². The molecule has 0 saturated heterocycles. The summed E-state index contributed by atoms with van der Waals surface area (Å²) in [6, 6.07) is 8.34. The van der Waals surface area contributed by atoms with Crippen LogP contribution in [0.15, 0.2) is 52.0 Å². The Bertz CT molecular complexity index is 1320. The molecule has 1 aromatic carbocycles. The van der Waals surface area contributed by atoms with Gasteiger partial charge in [-0.1, -0.05) is 5.16 Å². The van der Waals surface area contributed by atoms with E-state index in [-0.39, 0.29) is 23.7 Å². The predicted molar refractivity (Wildman–Crippen MR) is 116 cm³/mol. The Morgan fingerprint density at radius 1 is 1.19 bits per heavy atom. The molecule has 0 aliphatic carbocycles. The number of ether oxygens (including phenoxy) is 2. The van der Waals surface area contributed by atoms with Crippen molar-refractivity contribution in [2.45, 2.75) is 13.5 Å². The lowest BCUT2D eigenvalue weighted by atomic mass is 10.2. The highest BCUT2D eigenvalue weighted by molar-refractivity contribution is 5.93. The zero-order valence-corrected chi connectivity index (χ0v) is 17.8. The number of benzene rings is 1. The van der Waals surface area contributed by atoms with Crippen LogP contribution in [0.3, 0.4) is 0 Å². The van der Waals surface area contributed by atoms with Crippen LogP contribution in [-0.2, 0) is 6.54 Å². The number of aromatic amines is 1. The molecule has 0 radical (unpaired) electrons. The molecule has 0 saturated carbocycles. The van der Waals surface area contributed by atoms with Crippen molar-refractivity contribution in [2.75, 3.05) is 20.8 Å². The number of aromatic nitrogens is 4. The van der Waals surface area contributed by atoms with Crippen molar-refractivity contribution >= 4 is 16.8 Å². The van der Waals surface area contributed by atoms with Crippen LogP contribution in [0.2, 0.25) is 0 Å². The number of carbonyl (C=O) groups is 1. The van der Waals surface area contributed by atoms with Crippen LogP contribution in [-0.4, -0.2) is 51.7 Å². The van der Waals surface area contributed by atoms with Crippen LogP contribution in [0.5, 0.6) is 11.5 Å². The average molecular weight is 435 g/mol. The van der Waals surface area contributed by atoms with E-state index in [0.717, 1.165) is 0 Å². The summed E-state index contributed by atoms with van der Waals surface area (Å²) < 4.78 is 15.8. The van der Waals surface area contributed by atoms with Gasteiger partial charge in [0.1, 0.15) is 5.82 Å². The van der Waals surface area contributed by atoms with Gasteiger partial charge in [0.15, 0.2) is 23.0 Å². The lowest BCUT2D eigenvalue weighted by Crippen LogP contribution is -2.32. The number of fused-ring (bicyclic) bond motifs is 1. The molecule has 32 heavy (non-hydrogen) atoms. The van der Waals surface area contributed by atoms with Gasteiger partial charge in [-0.05, 0) is 25.1 Å². The second-order valence-corrected chi connectivity index (χ2v) is 6.87. The molecule has 164 valence electrons. The molecule has 4 rings (SSSR count). The third-order valence-electron chi connectivity index (χ3n) is 4.94. The first-order chi connectivity index (χ1) is 15.5. The quantitative estimate of drug-likeness (QED) is 0.470. The molecule has 10 nitrogen and oxygen atoms in total. The Labute approximate surface area is 182 Å². The zero-order chi connectivity index (χ0) is 22.7. The molecule has 0 aliphatic rings. The molecule has 0 fully saturated rings. The highest BCUT2D eigenvalue weighted by Crippen LogP contribution is 2.30. The molecule has 0 atom stereocenters. The number of nitrogens with one attached hydrogen (secondary N) is 1. The lowest BCUT2D eigenvalue weighted by Gasteiger charge is -2.19. The minimum absolute atomic E-state index is 0.0872. The van der Waals surface area contributed by atoms with Crippen molar-refractivity contribution in [1.29, 1.82) is 0 Å². The van der Waals surface area contributed by atoms with Crippen LogP contribution >= 0.6 is 0 Å². The topological polar surface area (TPSA) is 123 Å². The van der Waals surface area contributed by atoms with Gasteiger partial charge in [0.05, 0.1) is 31.7 Å². The van der Waals surface area contributed by atoms with E-state index in [1.807, 2.05) is 13.0 Å². The first-order valence-corrected chi connectivity index (χ1v) is 9.85. The standard InChI is InChI=1S/C22H21N5O5/c1-4-27(22(29)16-10-17(32-26-16)13-6-5-7-23-11-13)12-20-24-15-9-19(31-3)18(30-2)8-14(15)21(28)25-20/h5-11H,4,12H2,1-3H3,(H,24,25,28). The van der Waals surface area contributed by atoms with E-state index in [4.69, 9.17) is 14.0 Å². The summed E-state index contributed by atoms with van der Waals surface area (Å²) in [6.07, 6.45) is 3.27. The normalized spacial score (nSPS) is 10.8. The minimum Gasteiger partial charge on any atom is -0.493 e. The fourth-order valence-corrected chi connectivity index (χ4v) is 3.28. The van der Waals surface area contributed by atoms with Gasteiger partial charge >= 0.3 is 0 Å². The predicted octanol–water partition coefficient (Wildman–Crippen LogP) is 2.65. The molecular weight excluding hydrogens is 414 g/mol. The third-order valence-corrected chi connectivity index (χ3v) is 4.94. The number of pyridine rings is 1. The van der Waals surface area contributed by atoms with Crippen LogP contribution in [0.25, 0.3) is 22.2 Å². The van der Waals surface area contributed by atoms with Crippen molar-refractivity contribution in [3.63, 3.8) is 0 Å². The maximum Gasteiger partial charge on any atom is 0.276 e. The lowest BCUT2D eigenvalue weighted by molar-refractivity contribution is 0.0738. The zero-order valence-electron chi connectivity index (χ0n) is 17.8.